The highest BCUT2D eigenvalue weighted by molar-refractivity contribution is 7.80. The summed E-state index contributed by atoms with van der Waals surface area (Å²) in [4.78, 5) is 10.6. The largest absolute Gasteiger partial charge is 0.478 e. The molecule has 4 nitrogen and oxygen atoms in total. The minimum Gasteiger partial charge on any atom is -0.478 e. The van der Waals surface area contributed by atoms with E-state index >= 15 is 0 Å². The Balaban J connectivity index is 2.61. The monoisotopic (exact) mass is 236 g/mol. The molecule has 1 aromatic carbocycles. The first kappa shape index (κ1) is 12.2. The van der Waals surface area contributed by atoms with Gasteiger partial charge in [-0.2, -0.15) is 0 Å². The van der Waals surface area contributed by atoms with E-state index in [4.69, 9.17) is 17.3 Å². The van der Waals surface area contributed by atoms with Crippen LogP contribution in [0.1, 0.15) is 17.3 Å². The number of nitrogens with one attached hydrogen (secondary N) is 2. The van der Waals surface area contributed by atoms with Crippen LogP contribution in [0.5, 0.6) is 0 Å². The van der Waals surface area contributed by atoms with E-state index in [-0.39, 0.29) is 5.56 Å². The zero-order valence-electron chi connectivity index (χ0n) is 8.73. The van der Waals surface area contributed by atoms with Crippen LogP contribution in [0.3, 0.4) is 0 Å². The summed E-state index contributed by atoms with van der Waals surface area (Å²) in [6, 6.07) is 6.35. The van der Waals surface area contributed by atoms with Gasteiger partial charge in [-0.05, 0) is 49.6 Å². The molecule has 1 rings (SSSR count). The Kier molecular flexibility index (Phi) is 4.47. The molecule has 0 heterocycles. The predicted molar refractivity (Wildman–Crippen MR) is 67.6 cm³/mol. The van der Waals surface area contributed by atoms with Gasteiger partial charge in [-0.25, -0.2) is 4.79 Å². The van der Waals surface area contributed by atoms with E-state index in [1.54, 1.807) is 18.3 Å². The molecule has 84 valence electrons. The van der Waals surface area contributed by atoms with Crippen LogP contribution < -0.4 is 10.6 Å². The van der Waals surface area contributed by atoms with E-state index in [0.717, 1.165) is 5.69 Å². The summed E-state index contributed by atoms with van der Waals surface area (Å²) in [5, 5.41) is 14.9. The third-order valence-corrected chi connectivity index (χ3v) is 1.99. The molecule has 16 heavy (non-hydrogen) atoms. The van der Waals surface area contributed by atoms with Crippen molar-refractivity contribution in [2.75, 3.05) is 5.32 Å². The number of carboxylic acid groups (broad SMARTS) is 1. The van der Waals surface area contributed by atoms with Gasteiger partial charge in [0.05, 0.1) is 5.56 Å². The van der Waals surface area contributed by atoms with Crippen LogP contribution in [0.2, 0.25) is 0 Å². The first-order valence-corrected chi connectivity index (χ1v) is 5.06. The van der Waals surface area contributed by atoms with E-state index in [1.807, 2.05) is 13.0 Å². The fourth-order valence-corrected chi connectivity index (χ4v) is 1.21. The van der Waals surface area contributed by atoms with Crippen molar-refractivity contribution >= 4 is 29.0 Å². The van der Waals surface area contributed by atoms with Gasteiger partial charge in [0.25, 0.3) is 0 Å². The van der Waals surface area contributed by atoms with Crippen LogP contribution in [0.15, 0.2) is 36.5 Å². The summed E-state index contributed by atoms with van der Waals surface area (Å²) in [5.41, 5.74) is 0.991. The fraction of sp³-hybridized carbons (Fsp3) is 0.0909. The number of carboxylic acids is 1. The maximum atomic E-state index is 10.6. The third kappa shape index (κ3) is 3.70. The van der Waals surface area contributed by atoms with Crippen LogP contribution in [0, 0.1) is 0 Å². The van der Waals surface area contributed by atoms with Crippen molar-refractivity contribution in [1.29, 1.82) is 0 Å². The zero-order valence-corrected chi connectivity index (χ0v) is 9.54. The summed E-state index contributed by atoms with van der Waals surface area (Å²) >= 11 is 5.00. The van der Waals surface area contributed by atoms with Gasteiger partial charge < -0.3 is 15.7 Å². The van der Waals surface area contributed by atoms with Crippen LogP contribution in [0.4, 0.5) is 5.69 Å². The maximum Gasteiger partial charge on any atom is 0.335 e. The van der Waals surface area contributed by atoms with Gasteiger partial charge in [0, 0.05) is 5.69 Å². The van der Waals surface area contributed by atoms with Crippen LogP contribution >= 0.6 is 12.2 Å². The molecular weight excluding hydrogens is 224 g/mol. The number of hydrogen-bond acceptors (Lipinski definition) is 2. The number of benzene rings is 1. The minimum atomic E-state index is -0.943. The Hall–Kier alpha value is -1.88. The normalized spacial score (nSPS) is 10.1. The fourth-order valence-electron chi connectivity index (χ4n) is 1.02. The number of rotatable bonds is 3. The van der Waals surface area contributed by atoms with Gasteiger partial charge in [-0.15, -0.1) is 0 Å². The van der Waals surface area contributed by atoms with Crippen molar-refractivity contribution in [1.82, 2.24) is 5.32 Å². The molecule has 5 heteroatoms. The number of hydrogen-bond donors (Lipinski definition) is 3. The van der Waals surface area contributed by atoms with Gasteiger partial charge in [0.1, 0.15) is 0 Å². The van der Waals surface area contributed by atoms with Crippen LogP contribution in [0.25, 0.3) is 0 Å². The van der Waals surface area contributed by atoms with Crippen LogP contribution in [-0.4, -0.2) is 16.2 Å². The van der Waals surface area contributed by atoms with E-state index in [1.165, 1.54) is 12.1 Å². The number of anilines is 1. The van der Waals surface area contributed by atoms with E-state index in [0.29, 0.717) is 5.11 Å². The lowest BCUT2D eigenvalue weighted by Crippen LogP contribution is -2.23. The van der Waals surface area contributed by atoms with Crippen molar-refractivity contribution in [3.63, 3.8) is 0 Å². The molecule has 0 saturated carbocycles. The second-order valence-corrected chi connectivity index (χ2v) is 3.39. The average molecular weight is 236 g/mol. The molecule has 0 saturated heterocycles. The lowest BCUT2D eigenvalue weighted by molar-refractivity contribution is 0.0697. The van der Waals surface area contributed by atoms with Crippen molar-refractivity contribution in [2.24, 2.45) is 0 Å². The Morgan fingerprint density at radius 2 is 2.00 bits per heavy atom. The quantitative estimate of drug-likeness (QED) is 0.702. The number of allylic oxidation sites excluding steroid dienone is 1. The Morgan fingerprint density at radius 3 is 2.50 bits per heavy atom. The Morgan fingerprint density at radius 1 is 1.38 bits per heavy atom. The van der Waals surface area contributed by atoms with Crippen molar-refractivity contribution in [3.05, 3.63) is 42.1 Å². The van der Waals surface area contributed by atoms with Crippen molar-refractivity contribution < 1.29 is 9.90 Å². The molecule has 0 atom stereocenters. The molecule has 0 unspecified atom stereocenters. The summed E-state index contributed by atoms with van der Waals surface area (Å²) in [7, 11) is 0. The van der Waals surface area contributed by atoms with E-state index in [9.17, 15) is 4.79 Å². The highest BCUT2D eigenvalue weighted by Crippen LogP contribution is 2.09. The average Bonchev–Trinajstić information content (AvgIpc) is 2.27. The second kappa shape index (κ2) is 5.87. The third-order valence-electron chi connectivity index (χ3n) is 1.77. The van der Waals surface area contributed by atoms with E-state index < -0.39 is 5.97 Å². The molecule has 0 aliphatic rings. The molecule has 0 fully saturated rings. The summed E-state index contributed by atoms with van der Waals surface area (Å²) in [6.45, 7) is 1.87. The van der Waals surface area contributed by atoms with Gasteiger partial charge in [0.2, 0.25) is 0 Å². The van der Waals surface area contributed by atoms with Gasteiger partial charge in [-0.1, -0.05) is 6.08 Å². The molecule has 1 aromatic rings. The lowest BCUT2D eigenvalue weighted by atomic mass is 10.2. The molecule has 0 amide bonds. The molecule has 0 aliphatic carbocycles. The Bertz CT molecular complexity index is 412. The van der Waals surface area contributed by atoms with Gasteiger partial charge in [0.15, 0.2) is 5.11 Å². The highest BCUT2D eigenvalue weighted by atomic mass is 32.1. The topological polar surface area (TPSA) is 61.4 Å². The van der Waals surface area contributed by atoms with Crippen molar-refractivity contribution in [2.45, 2.75) is 6.92 Å². The van der Waals surface area contributed by atoms with Crippen molar-refractivity contribution in [3.8, 4) is 0 Å². The first-order chi connectivity index (χ1) is 7.63. The van der Waals surface area contributed by atoms with Crippen LogP contribution in [-0.2, 0) is 0 Å². The molecule has 0 aromatic heterocycles. The second-order valence-electron chi connectivity index (χ2n) is 2.98. The first-order valence-electron chi connectivity index (χ1n) is 4.65. The molecule has 0 radical (unpaired) electrons. The SMILES string of the molecule is C/C=C/NC(=S)Nc1ccc(C(=O)O)cc1. The number of carbonyl (C=O) groups is 1. The molecular formula is C11H12N2O2S. The smallest absolute Gasteiger partial charge is 0.335 e. The predicted octanol–water partition coefficient (Wildman–Crippen LogP) is 2.20. The van der Waals surface area contributed by atoms with Gasteiger partial charge in [-0.3, -0.25) is 0 Å². The van der Waals surface area contributed by atoms with Gasteiger partial charge >= 0.3 is 5.97 Å². The molecule has 0 spiro atoms. The minimum absolute atomic E-state index is 0.248. The summed E-state index contributed by atoms with van der Waals surface area (Å²) in [5.74, 6) is -0.943. The standard InChI is InChI=1S/C11H12N2O2S/c1-2-7-12-11(16)13-9-5-3-8(4-6-9)10(14)15/h2-7H,1H3,(H,14,15)(H2,12,13,16)/b7-2+. The zero-order chi connectivity index (χ0) is 12.0. The highest BCUT2D eigenvalue weighted by Gasteiger charge is 2.01. The summed E-state index contributed by atoms with van der Waals surface area (Å²) < 4.78 is 0. The molecule has 0 bridgehead atoms. The molecule has 3 N–H and O–H groups in total. The number of aromatic carboxylic acids is 1. The summed E-state index contributed by atoms with van der Waals surface area (Å²) in [6.07, 6.45) is 3.53. The van der Waals surface area contributed by atoms with E-state index in [2.05, 4.69) is 10.6 Å². The number of thiocarbonyl (C=S) groups is 1. The Labute approximate surface area is 99.0 Å². The lowest BCUT2D eigenvalue weighted by Gasteiger charge is -2.07. The molecule has 0 aliphatic heterocycles. The maximum absolute atomic E-state index is 10.6.